The van der Waals surface area contributed by atoms with Gasteiger partial charge in [-0.05, 0) is 19.4 Å². The second-order valence-corrected chi connectivity index (χ2v) is 5.36. The van der Waals surface area contributed by atoms with E-state index in [0.29, 0.717) is 23.5 Å². The predicted molar refractivity (Wildman–Crippen MR) is 83.5 cm³/mol. The van der Waals surface area contributed by atoms with E-state index in [1.807, 2.05) is 6.92 Å². The lowest BCUT2D eigenvalue weighted by molar-refractivity contribution is -0.139. The van der Waals surface area contributed by atoms with E-state index in [1.54, 1.807) is 37.1 Å². The van der Waals surface area contributed by atoms with Crippen molar-refractivity contribution in [1.29, 1.82) is 0 Å². The predicted octanol–water partition coefficient (Wildman–Crippen LogP) is 1.29. The molecule has 2 rings (SSSR count). The van der Waals surface area contributed by atoms with E-state index in [1.165, 1.54) is 4.68 Å². The molecule has 0 saturated heterocycles. The summed E-state index contributed by atoms with van der Waals surface area (Å²) in [6.45, 7) is 3.69. The number of nitrogens with one attached hydrogen (secondary N) is 1. The number of aromatic nitrogens is 4. The molecular weight excluding hydrogens is 298 g/mol. The van der Waals surface area contributed by atoms with Crippen LogP contribution in [0.3, 0.4) is 0 Å². The van der Waals surface area contributed by atoms with E-state index in [-0.39, 0.29) is 0 Å². The molecule has 0 aliphatic rings. The Balaban J connectivity index is 2.30. The van der Waals surface area contributed by atoms with E-state index >= 15 is 0 Å². The molecule has 0 aliphatic carbocycles. The third kappa shape index (κ3) is 3.58. The molecule has 8 nitrogen and oxygen atoms in total. The van der Waals surface area contributed by atoms with E-state index in [9.17, 15) is 14.7 Å². The van der Waals surface area contributed by atoms with Gasteiger partial charge in [-0.1, -0.05) is 19.8 Å². The van der Waals surface area contributed by atoms with Gasteiger partial charge in [0.05, 0.1) is 5.69 Å². The molecule has 0 fully saturated rings. The Morgan fingerprint density at radius 3 is 2.74 bits per heavy atom. The molecule has 0 spiro atoms. The fourth-order valence-electron chi connectivity index (χ4n) is 2.46. The van der Waals surface area contributed by atoms with Gasteiger partial charge in [-0.3, -0.25) is 4.79 Å². The van der Waals surface area contributed by atoms with Gasteiger partial charge in [-0.15, -0.1) is 0 Å². The van der Waals surface area contributed by atoms with Gasteiger partial charge < -0.3 is 10.4 Å². The maximum absolute atomic E-state index is 12.6. The maximum atomic E-state index is 12.6. The normalized spacial score (nSPS) is 12.1. The molecule has 0 unspecified atom stereocenters. The van der Waals surface area contributed by atoms with Crippen LogP contribution in [0.15, 0.2) is 18.5 Å². The lowest BCUT2D eigenvalue weighted by atomic mass is 10.1. The Hall–Kier alpha value is -2.64. The molecule has 0 saturated carbocycles. The second-order valence-electron chi connectivity index (χ2n) is 5.36. The number of hydrogen-bond acceptors (Lipinski definition) is 4. The number of amides is 1. The van der Waals surface area contributed by atoms with Crippen LogP contribution in [-0.4, -0.2) is 42.6 Å². The smallest absolute Gasteiger partial charge is 0.326 e. The first kappa shape index (κ1) is 16.7. The van der Waals surface area contributed by atoms with Crippen molar-refractivity contribution in [3.63, 3.8) is 0 Å². The summed E-state index contributed by atoms with van der Waals surface area (Å²) < 4.78 is 3.09. The van der Waals surface area contributed by atoms with Crippen LogP contribution >= 0.6 is 0 Å². The minimum Gasteiger partial charge on any atom is -0.480 e. The molecule has 8 heteroatoms. The van der Waals surface area contributed by atoms with Crippen molar-refractivity contribution >= 4 is 11.9 Å². The van der Waals surface area contributed by atoms with Crippen LogP contribution in [0.2, 0.25) is 0 Å². The van der Waals surface area contributed by atoms with Crippen molar-refractivity contribution in [2.45, 2.75) is 39.2 Å². The highest BCUT2D eigenvalue weighted by atomic mass is 16.4. The molecule has 124 valence electrons. The molecule has 2 heterocycles. The third-order valence-corrected chi connectivity index (χ3v) is 3.59. The Labute approximate surface area is 134 Å². The largest absolute Gasteiger partial charge is 0.480 e. The van der Waals surface area contributed by atoms with Gasteiger partial charge in [0.25, 0.3) is 5.91 Å². The molecule has 0 aliphatic heterocycles. The fourth-order valence-corrected chi connectivity index (χ4v) is 2.46. The lowest BCUT2D eigenvalue weighted by Crippen LogP contribution is -2.41. The van der Waals surface area contributed by atoms with Gasteiger partial charge in [0.15, 0.2) is 5.82 Å². The summed E-state index contributed by atoms with van der Waals surface area (Å²) in [4.78, 5) is 23.9. The van der Waals surface area contributed by atoms with Gasteiger partial charge in [0, 0.05) is 19.4 Å². The number of aliphatic carboxylic acids is 1. The van der Waals surface area contributed by atoms with Gasteiger partial charge in [-0.2, -0.15) is 10.2 Å². The first-order valence-corrected chi connectivity index (χ1v) is 7.53. The number of carbonyl (C=O) groups excluding carboxylic acids is 1. The molecule has 0 aromatic carbocycles. The lowest BCUT2D eigenvalue weighted by Gasteiger charge is -2.14. The Bertz CT molecular complexity index is 690. The molecular formula is C15H21N5O3. The molecule has 23 heavy (non-hydrogen) atoms. The van der Waals surface area contributed by atoms with Crippen LogP contribution < -0.4 is 5.32 Å². The maximum Gasteiger partial charge on any atom is 0.326 e. The minimum atomic E-state index is -1.03. The van der Waals surface area contributed by atoms with Crippen LogP contribution in [0.25, 0.3) is 5.82 Å². The fraction of sp³-hybridized carbons (Fsp3) is 0.467. The summed E-state index contributed by atoms with van der Waals surface area (Å²) in [5.74, 6) is -0.983. The average molecular weight is 319 g/mol. The number of carboxylic acids is 1. The van der Waals surface area contributed by atoms with Crippen LogP contribution in [0.1, 0.15) is 42.2 Å². The third-order valence-electron chi connectivity index (χ3n) is 3.59. The van der Waals surface area contributed by atoms with Crippen molar-refractivity contribution in [3.8, 4) is 5.82 Å². The van der Waals surface area contributed by atoms with Crippen LogP contribution in [0.4, 0.5) is 0 Å². The molecule has 2 N–H and O–H groups in total. The van der Waals surface area contributed by atoms with Gasteiger partial charge >= 0.3 is 5.97 Å². The number of rotatable bonds is 7. The highest BCUT2D eigenvalue weighted by molar-refractivity contribution is 6.00. The summed E-state index contributed by atoms with van der Waals surface area (Å²) in [5, 5.41) is 20.2. The number of unbranched alkanes of at least 4 members (excludes halogenated alkanes) is 1. The molecule has 2 aromatic rings. The molecule has 1 amide bonds. The van der Waals surface area contributed by atoms with Crippen molar-refractivity contribution < 1.29 is 14.7 Å². The molecule has 0 radical (unpaired) electrons. The zero-order valence-electron chi connectivity index (χ0n) is 13.5. The van der Waals surface area contributed by atoms with Gasteiger partial charge in [0.1, 0.15) is 11.6 Å². The highest BCUT2D eigenvalue weighted by Crippen LogP contribution is 2.17. The van der Waals surface area contributed by atoms with Crippen molar-refractivity contribution in [3.05, 3.63) is 29.7 Å². The second kappa shape index (κ2) is 7.08. The monoisotopic (exact) mass is 319 g/mol. The average Bonchev–Trinajstić information content (AvgIpc) is 3.10. The van der Waals surface area contributed by atoms with Crippen LogP contribution in [0.5, 0.6) is 0 Å². The van der Waals surface area contributed by atoms with Crippen molar-refractivity contribution in [2.24, 2.45) is 7.05 Å². The van der Waals surface area contributed by atoms with Crippen LogP contribution in [-0.2, 0) is 11.8 Å². The Morgan fingerprint density at radius 2 is 2.17 bits per heavy atom. The summed E-state index contributed by atoms with van der Waals surface area (Å²) in [5.41, 5.74) is 0.856. The Morgan fingerprint density at radius 1 is 1.43 bits per heavy atom. The topological polar surface area (TPSA) is 102 Å². The zero-order valence-corrected chi connectivity index (χ0v) is 13.5. The first-order chi connectivity index (χ1) is 11.0. The number of aryl methyl sites for hydroxylation is 2. The zero-order chi connectivity index (χ0) is 17.0. The van der Waals surface area contributed by atoms with E-state index in [2.05, 4.69) is 15.5 Å². The Kier molecular flexibility index (Phi) is 5.15. The van der Waals surface area contributed by atoms with Crippen molar-refractivity contribution in [2.75, 3.05) is 0 Å². The number of nitrogens with zero attached hydrogens (tertiary/aromatic N) is 4. The summed E-state index contributed by atoms with van der Waals surface area (Å²) in [6.07, 6.45) is 5.30. The number of hydrogen-bond donors (Lipinski definition) is 2. The molecule has 2 aromatic heterocycles. The van der Waals surface area contributed by atoms with Crippen LogP contribution in [0, 0.1) is 6.92 Å². The standard InChI is InChI=1S/C15H21N5O3/c1-4-5-7-11(15(22)23)17-13(21)12-10(2)18-19(3)14(12)20-9-6-8-16-20/h6,8-9,11H,4-5,7H2,1-3H3,(H,17,21)(H,22,23)/t11-/m0/s1. The quantitative estimate of drug-likeness (QED) is 0.800. The summed E-state index contributed by atoms with van der Waals surface area (Å²) in [6, 6.07) is 0.832. The number of carbonyl (C=O) groups is 2. The van der Waals surface area contributed by atoms with E-state index in [4.69, 9.17) is 0 Å². The summed E-state index contributed by atoms with van der Waals surface area (Å²) >= 11 is 0. The van der Waals surface area contributed by atoms with Crippen molar-refractivity contribution in [1.82, 2.24) is 24.9 Å². The SMILES string of the molecule is CCCC[C@H](NC(=O)c1c(C)nn(C)c1-n1cccn1)C(=O)O. The minimum absolute atomic E-state index is 0.332. The first-order valence-electron chi connectivity index (χ1n) is 7.53. The van der Waals surface area contributed by atoms with E-state index in [0.717, 1.165) is 12.8 Å². The van der Waals surface area contributed by atoms with E-state index < -0.39 is 17.9 Å². The highest BCUT2D eigenvalue weighted by Gasteiger charge is 2.26. The molecule has 0 bridgehead atoms. The summed E-state index contributed by atoms with van der Waals surface area (Å²) in [7, 11) is 1.71. The van der Waals surface area contributed by atoms with Gasteiger partial charge in [-0.25, -0.2) is 14.2 Å². The number of carboxylic acid groups (broad SMARTS) is 1. The molecule has 1 atom stereocenters. The van der Waals surface area contributed by atoms with Gasteiger partial charge in [0.2, 0.25) is 0 Å².